The normalized spacial score (nSPS) is 11.2. The van der Waals surface area contributed by atoms with Gasteiger partial charge in [0.15, 0.2) is 5.82 Å². The maximum Gasteiger partial charge on any atom is 0.416 e. The van der Waals surface area contributed by atoms with E-state index in [4.69, 9.17) is 0 Å². The first kappa shape index (κ1) is 21.7. The highest BCUT2D eigenvalue weighted by atomic mass is 19.4. The summed E-state index contributed by atoms with van der Waals surface area (Å²) in [5, 5.41) is 23.2. The molecule has 0 aliphatic rings. The largest absolute Gasteiger partial charge is 0.416 e. The van der Waals surface area contributed by atoms with Gasteiger partial charge in [-0.1, -0.05) is 0 Å². The van der Waals surface area contributed by atoms with Gasteiger partial charge in [-0.25, -0.2) is 4.98 Å². The van der Waals surface area contributed by atoms with Crippen molar-refractivity contribution in [1.82, 2.24) is 15.2 Å². The summed E-state index contributed by atoms with van der Waals surface area (Å²) < 4.78 is 38.2. The third-order valence-corrected chi connectivity index (χ3v) is 4.21. The Kier molecular flexibility index (Phi) is 6.18. The third-order valence-electron chi connectivity index (χ3n) is 4.21. The van der Waals surface area contributed by atoms with Gasteiger partial charge in [0.25, 0.3) is 5.69 Å². The van der Waals surface area contributed by atoms with Crippen molar-refractivity contribution in [3.05, 3.63) is 64.0 Å². The van der Waals surface area contributed by atoms with Gasteiger partial charge in [0.2, 0.25) is 5.91 Å². The van der Waals surface area contributed by atoms with Crippen LogP contribution >= 0.6 is 0 Å². The van der Waals surface area contributed by atoms with E-state index < -0.39 is 22.4 Å². The first-order valence-corrected chi connectivity index (χ1v) is 9.02. The van der Waals surface area contributed by atoms with E-state index in [0.717, 1.165) is 17.7 Å². The highest BCUT2D eigenvalue weighted by Crippen LogP contribution is 2.34. The van der Waals surface area contributed by atoms with Gasteiger partial charge in [-0.05, 0) is 43.3 Å². The van der Waals surface area contributed by atoms with Crippen LogP contribution in [0.4, 0.5) is 30.2 Å². The number of nitrogens with zero attached hydrogens (tertiary/aromatic N) is 3. The zero-order chi connectivity index (χ0) is 22.6. The fraction of sp³-hybridized carbons (Fsp3) is 0.211. The van der Waals surface area contributed by atoms with Crippen LogP contribution < -0.4 is 10.6 Å². The molecule has 1 aromatic heterocycles. The van der Waals surface area contributed by atoms with Gasteiger partial charge in [-0.2, -0.15) is 18.3 Å². The van der Waals surface area contributed by atoms with Crippen molar-refractivity contribution in [3.63, 3.8) is 0 Å². The van der Waals surface area contributed by atoms with E-state index in [-0.39, 0.29) is 24.6 Å². The Morgan fingerprint density at radius 2 is 1.90 bits per heavy atom. The molecule has 0 radical (unpaired) electrons. The summed E-state index contributed by atoms with van der Waals surface area (Å²) in [7, 11) is 0. The molecule has 1 heterocycles. The molecule has 0 unspecified atom stereocenters. The number of amides is 1. The molecule has 0 aliphatic carbocycles. The Bertz CT molecular complexity index is 1100. The first-order valence-electron chi connectivity index (χ1n) is 9.02. The predicted molar refractivity (Wildman–Crippen MR) is 106 cm³/mol. The Labute approximate surface area is 173 Å². The number of nitrogens with one attached hydrogen (secondary N) is 3. The van der Waals surface area contributed by atoms with Crippen LogP contribution in [0.1, 0.15) is 17.8 Å². The minimum absolute atomic E-state index is 0.00735. The summed E-state index contributed by atoms with van der Waals surface area (Å²) in [6.07, 6.45) is -4.75. The van der Waals surface area contributed by atoms with Gasteiger partial charge in [0, 0.05) is 30.3 Å². The van der Waals surface area contributed by atoms with Crippen LogP contribution in [0.25, 0.3) is 11.4 Å². The Morgan fingerprint density at radius 3 is 2.48 bits per heavy atom. The second-order valence-corrected chi connectivity index (χ2v) is 6.53. The second kappa shape index (κ2) is 8.81. The summed E-state index contributed by atoms with van der Waals surface area (Å²) in [4.78, 5) is 26.5. The molecule has 1 amide bonds. The lowest BCUT2D eigenvalue weighted by molar-refractivity contribution is -0.384. The number of alkyl halides is 3. The molecule has 3 rings (SSSR count). The molecule has 9 nitrogen and oxygen atoms in total. The summed E-state index contributed by atoms with van der Waals surface area (Å²) in [5.41, 5.74) is -0.642. The number of aromatic nitrogens is 3. The Balaban J connectivity index is 1.56. The first-order chi connectivity index (χ1) is 14.6. The molecule has 0 saturated heterocycles. The number of nitro groups is 1. The lowest BCUT2D eigenvalue weighted by atomic mass is 10.1. The fourth-order valence-electron chi connectivity index (χ4n) is 2.72. The lowest BCUT2D eigenvalue weighted by Crippen LogP contribution is -2.16. The van der Waals surface area contributed by atoms with Crippen molar-refractivity contribution in [1.29, 1.82) is 0 Å². The maximum atomic E-state index is 12.7. The highest BCUT2D eigenvalue weighted by Gasteiger charge is 2.33. The highest BCUT2D eigenvalue weighted by molar-refractivity contribution is 5.91. The van der Waals surface area contributed by atoms with E-state index in [9.17, 15) is 28.1 Å². The summed E-state index contributed by atoms with van der Waals surface area (Å²) in [6.45, 7) is 1.77. The van der Waals surface area contributed by atoms with E-state index >= 15 is 0 Å². The Hall–Kier alpha value is -3.96. The van der Waals surface area contributed by atoms with Crippen molar-refractivity contribution in [2.75, 3.05) is 17.2 Å². The van der Waals surface area contributed by atoms with E-state index in [1.165, 1.54) is 0 Å². The minimum Gasteiger partial charge on any atom is -0.379 e. The second-order valence-electron chi connectivity index (χ2n) is 6.53. The zero-order valence-electron chi connectivity index (χ0n) is 16.2. The number of nitro benzene ring substituents is 1. The van der Waals surface area contributed by atoms with E-state index in [2.05, 4.69) is 25.8 Å². The predicted octanol–water partition coefficient (Wildman–Crippen LogP) is 4.15. The van der Waals surface area contributed by atoms with E-state index in [1.54, 1.807) is 31.2 Å². The lowest BCUT2D eigenvalue weighted by Gasteiger charge is -2.11. The van der Waals surface area contributed by atoms with Gasteiger partial charge in [-0.3, -0.25) is 20.0 Å². The van der Waals surface area contributed by atoms with E-state index in [0.29, 0.717) is 23.4 Å². The molecule has 0 saturated carbocycles. The average Bonchev–Trinajstić information content (AvgIpc) is 3.14. The van der Waals surface area contributed by atoms with Gasteiger partial charge in [-0.15, -0.1) is 0 Å². The molecule has 162 valence electrons. The van der Waals surface area contributed by atoms with Gasteiger partial charge < -0.3 is 10.6 Å². The zero-order valence-corrected chi connectivity index (χ0v) is 16.2. The number of rotatable bonds is 7. The smallest absolute Gasteiger partial charge is 0.379 e. The molecule has 3 N–H and O–H groups in total. The van der Waals surface area contributed by atoms with E-state index in [1.807, 2.05) is 0 Å². The summed E-state index contributed by atoms with van der Waals surface area (Å²) >= 11 is 0. The number of benzene rings is 2. The van der Waals surface area contributed by atoms with Crippen molar-refractivity contribution in [2.45, 2.75) is 19.5 Å². The van der Waals surface area contributed by atoms with Crippen molar-refractivity contribution >= 4 is 23.0 Å². The molecule has 12 heteroatoms. The van der Waals surface area contributed by atoms with Gasteiger partial charge in [0.05, 0.1) is 10.5 Å². The number of aromatic amines is 1. The number of hydrogen-bond donors (Lipinski definition) is 3. The van der Waals surface area contributed by atoms with Crippen molar-refractivity contribution in [3.8, 4) is 11.4 Å². The number of aryl methyl sites for hydroxylation is 1. The minimum atomic E-state index is -4.69. The fourth-order valence-corrected chi connectivity index (χ4v) is 2.72. The molecule has 31 heavy (non-hydrogen) atoms. The van der Waals surface area contributed by atoms with Gasteiger partial charge >= 0.3 is 6.18 Å². The van der Waals surface area contributed by atoms with Crippen LogP contribution in [0.2, 0.25) is 0 Å². The molecule has 0 fully saturated rings. The van der Waals surface area contributed by atoms with Crippen LogP contribution in [0.5, 0.6) is 0 Å². The van der Waals surface area contributed by atoms with Crippen molar-refractivity contribution in [2.24, 2.45) is 0 Å². The maximum absolute atomic E-state index is 12.7. The number of anilines is 2. The van der Waals surface area contributed by atoms with Crippen LogP contribution in [0, 0.1) is 17.0 Å². The monoisotopic (exact) mass is 434 g/mol. The van der Waals surface area contributed by atoms with Crippen molar-refractivity contribution < 1.29 is 22.9 Å². The molecule has 2 aromatic carbocycles. The van der Waals surface area contributed by atoms with Crippen LogP contribution in [-0.2, 0) is 11.0 Å². The van der Waals surface area contributed by atoms with Gasteiger partial charge in [0.1, 0.15) is 11.5 Å². The molecule has 0 bridgehead atoms. The molecular formula is C19H17F3N6O3. The molecule has 0 spiro atoms. The van der Waals surface area contributed by atoms with Crippen LogP contribution in [0.15, 0.2) is 42.5 Å². The number of hydrogen-bond acceptors (Lipinski definition) is 6. The SMILES string of the molecule is Cc1nc(-c2ccc(NC(=O)CCNc3ccc(C(F)(F)F)cc3[N+](=O)[O-])cc2)n[nH]1. The standard InChI is InChI=1S/C19H17F3N6O3/c1-11-24-18(27-26-11)12-2-5-14(6-3-12)25-17(29)8-9-23-15-7-4-13(19(20,21)22)10-16(15)28(30)31/h2-7,10,23H,8-9H2,1H3,(H,25,29)(H,24,26,27). The molecule has 0 atom stereocenters. The third kappa shape index (κ3) is 5.56. The summed E-state index contributed by atoms with van der Waals surface area (Å²) in [6, 6.07) is 9.00. The molecule has 3 aromatic rings. The average molecular weight is 434 g/mol. The molecular weight excluding hydrogens is 417 g/mol. The molecule has 0 aliphatic heterocycles. The van der Waals surface area contributed by atoms with Crippen LogP contribution in [0.3, 0.4) is 0 Å². The quantitative estimate of drug-likeness (QED) is 0.379. The van der Waals surface area contributed by atoms with Crippen LogP contribution in [-0.4, -0.2) is 32.6 Å². The number of carbonyl (C=O) groups is 1. The number of halogens is 3. The summed E-state index contributed by atoms with van der Waals surface area (Å²) in [5.74, 6) is 0.828. The number of carbonyl (C=O) groups excluding carboxylic acids is 1. The topological polar surface area (TPSA) is 126 Å². The number of H-pyrrole nitrogens is 1. The Morgan fingerprint density at radius 1 is 1.19 bits per heavy atom.